The molecular weight excluding hydrogens is 212 g/mol. The summed E-state index contributed by atoms with van der Waals surface area (Å²) >= 11 is 0. The molecule has 0 amide bonds. The molecule has 1 heterocycles. The molecule has 0 aliphatic heterocycles. The molecule has 1 aliphatic carbocycles. The summed E-state index contributed by atoms with van der Waals surface area (Å²) in [6.07, 6.45) is 8.09. The number of hydrogen-bond donors (Lipinski definition) is 1. The SMILES string of the molecule is CCn1cc(CNCC2(N(C)C)CCC2)cn1. The summed E-state index contributed by atoms with van der Waals surface area (Å²) in [5.41, 5.74) is 1.68. The van der Waals surface area contributed by atoms with E-state index in [4.69, 9.17) is 0 Å². The Bertz CT molecular complexity index is 352. The molecule has 1 aromatic heterocycles. The van der Waals surface area contributed by atoms with E-state index in [1.807, 2.05) is 10.9 Å². The van der Waals surface area contributed by atoms with Gasteiger partial charge in [0.25, 0.3) is 0 Å². The molecule has 0 unspecified atom stereocenters. The highest BCUT2D eigenvalue weighted by molar-refractivity contribution is 5.04. The second-order valence-electron chi connectivity index (χ2n) is 5.28. The van der Waals surface area contributed by atoms with E-state index in [-0.39, 0.29) is 0 Å². The number of nitrogens with one attached hydrogen (secondary N) is 1. The lowest BCUT2D eigenvalue weighted by atomic mass is 9.75. The van der Waals surface area contributed by atoms with Gasteiger partial charge in [-0.1, -0.05) is 0 Å². The van der Waals surface area contributed by atoms with Crippen molar-refractivity contribution in [3.05, 3.63) is 18.0 Å². The van der Waals surface area contributed by atoms with Crippen molar-refractivity contribution in [3.8, 4) is 0 Å². The van der Waals surface area contributed by atoms with Gasteiger partial charge >= 0.3 is 0 Å². The van der Waals surface area contributed by atoms with E-state index in [1.54, 1.807) is 0 Å². The number of aromatic nitrogens is 2. The van der Waals surface area contributed by atoms with Gasteiger partial charge in [-0.2, -0.15) is 5.10 Å². The molecule has 1 aliphatic rings. The molecule has 0 aromatic carbocycles. The van der Waals surface area contributed by atoms with Crippen molar-refractivity contribution in [3.63, 3.8) is 0 Å². The van der Waals surface area contributed by atoms with Gasteiger partial charge in [-0.15, -0.1) is 0 Å². The molecule has 0 atom stereocenters. The second kappa shape index (κ2) is 5.19. The third-order valence-corrected chi connectivity index (χ3v) is 4.03. The van der Waals surface area contributed by atoms with Crippen molar-refractivity contribution in [1.29, 1.82) is 0 Å². The summed E-state index contributed by atoms with van der Waals surface area (Å²) in [5.74, 6) is 0. The van der Waals surface area contributed by atoms with E-state index in [2.05, 4.69) is 42.5 Å². The highest BCUT2D eigenvalue weighted by Crippen LogP contribution is 2.35. The minimum absolute atomic E-state index is 0.404. The molecule has 96 valence electrons. The maximum atomic E-state index is 4.29. The number of rotatable bonds is 6. The van der Waals surface area contributed by atoms with E-state index in [9.17, 15) is 0 Å². The lowest BCUT2D eigenvalue weighted by Crippen LogP contribution is -2.56. The average Bonchev–Trinajstić information content (AvgIpc) is 2.69. The van der Waals surface area contributed by atoms with Crippen LogP contribution in [0.4, 0.5) is 0 Å². The topological polar surface area (TPSA) is 33.1 Å². The van der Waals surface area contributed by atoms with Crippen molar-refractivity contribution in [2.24, 2.45) is 0 Å². The Morgan fingerprint density at radius 3 is 2.71 bits per heavy atom. The number of aryl methyl sites for hydroxylation is 1. The van der Waals surface area contributed by atoms with Crippen LogP contribution >= 0.6 is 0 Å². The van der Waals surface area contributed by atoms with Crippen molar-refractivity contribution < 1.29 is 0 Å². The van der Waals surface area contributed by atoms with E-state index < -0.39 is 0 Å². The molecule has 17 heavy (non-hydrogen) atoms. The van der Waals surface area contributed by atoms with Gasteiger partial charge in [0.2, 0.25) is 0 Å². The third kappa shape index (κ3) is 2.69. The maximum Gasteiger partial charge on any atom is 0.0534 e. The zero-order valence-corrected chi connectivity index (χ0v) is 11.2. The largest absolute Gasteiger partial charge is 0.311 e. The highest BCUT2D eigenvalue weighted by atomic mass is 15.3. The number of likely N-dealkylation sites (N-methyl/N-ethyl adjacent to an activating group) is 1. The first-order valence-corrected chi connectivity index (χ1v) is 6.56. The molecule has 1 saturated carbocycles. The van der Waals surface area contributed by atoms with Gasteiger partial charge < -0.3 is 10.2 Å². The zero-order valence-electron chi connectivity index (χ0n) is 11.2. The van der Waals surface area contributed by atoms with Crippen LogP contribution in [0.3, 0.4) is 0 Å². The zero-order chi connectivity index (χ0) is 12.3. The fourth-order valence-electron chi connectivity index (χ4n) is 2.48. The summed E-state index contributed by atoms with van der Waals surface area (Å²) in [5, 5.41) is 7.85. The average molecular weight is 236 g/mol. The number of nitrogens with zero attached hydrogens (tertiary/aromatic N) is 3. The van der Waals surface area contributed by atoms with Gasteiger partial charge in [-0.3, -0.25) is 4.68 Å². The van der Waals surface area contributed by atoms with Crippen LogP contribution < -0.4 is 5.32 Å². The lowest BCUT2D eigenvalue weighted by molar-refractivity contribution is 0.0598. The Labute approximate surface area is 104 Å². The molecule has 0 bridgehead atoms. The van der Waals surface area contributed by atoms with Crippen LogP contribution in [0.1, 0.15) is 31.7 Å². The quantitative estimate of drug-likeness (QED) is 0.812. The Morgan fingerprint density at radius 2 is 2.24 bits per heavy atom. The van der Waals surface area contributed by atoms with Crippen LogP contribution in [0, 0.1) is 0 Å². The summed E-state index contributed by atoms with van der Waals surface area (Å²) in [4.78, 5) is 2.37. The van der Waals surface area contributed by atoms with Gasteiger partial charge in [-0.25, -0.2) is 0 Å². The summed E-state index contributed by atoms with van der Waals surface area (Å²) < 4.78 is 1.97. The standard InChI is InChI=1S/C13H24N4/c1-4-17-10-12(9-15-17)8-14-11-13(16(2)3)6-5-7-13/h9-10,14H,4-8,11H2,1-3H3. The Morgan fingerprint density at radius 1 is 1.47 bits per heavy atom. The Balaban J connectivity index is 1.79. The predicted molar refractivity (Wildman–Crippen MR) is 69.9 cm³/mol. The fourth-order valence-corrected chi connectivity index (χ4v) is 2.48. The minimum atomic E-state index is 0.404. The normalized spacial score (nSPS) is 18.4. The van der Waals surface area contributed by atoms with Crippen LogP contribution in [0.15, 0.2) is 12.4 Å². The van der Waals surface area contributed by atoms with Gasteiger partial charge in [0.1, 0.15) is 0 Å². The van der Waals surface area contributed by atoms with Crippen molar-refractivity contribution in [1.82, 2.24) is 20.0 Å². The lowest BCUT2D eigenvalue weighted by Gasteiger charge is -2.47. The summed E-state index contributed by atoms with van der Waals surface area (Å²) in [6.45, 7) is 5.06. The van der Waals surface area contributed by atoms with Crippen LogP contribution in [0.25, 0.3) is 0 Å². The first kappa shape index (κ1) is 12.6. The molecule has 0 saturated heterocycles. The Hall–Kier alpha value is -0.870. The van der Waals surface area contributed by atoms with Gasteiger partial charge in [0, 0.05) is 36.9 Å². The molecule has 1 N–H and O–H groups in total. The molecule has 2 rings (SSSR count). The van der Waals surface area contributed by atoms with Crippen molar-refractivity contribution in [2.45, 2.75) is 44.8 Å². The molecule has 1 aromatic rings. The maximum absolute atomic E-state index is 4.29. The van der Waals surface area contributed by atoms with Crippen LogP contribution in [0.2, 0.25) is 0 Å². The van der Waals surface area contributed by atoms with E-state index >= 15 is 0 Å². The fraction of sp³-hybridized carbons (Fsp3) is 0.769. The van der Waals surface area contributed by atoms with E-state index in [1.165, 1.54) is 24.8 Å². The van der Waals surface area contributed by atoms with Crippen molar-refractivity contribution >= 4 is 0 Å². The van der Waals surface area contributed by atoms with Crippen LogP contribution in [-0.4, -0.2) is 40.9 Å². The van der Waals surface area contributed by atoms with Gasteiger partial charge in [0.15, 0.2) is 0 Å². The molecule has 4 nitrogen and oxygen atoms in total. The van der Waals surface area contributed by atoms with Crippen molar-refractivity contribution in [2.75, 3.05) is 20.6 Å². The van der Waals surface area contributed by atoms with Gasteiger partial charge in [0.05, 0.1) is 6.20 Å². The summed E-state index contributed by atoms with van der Waals surface area (Å²) in [7, 11) is 4.38. The van der Waals surface area contributed by atoms with E-state index in [0.29, 0.717) is 5.54 Å². The monoisotopic (exact) mass is 236 g/mol. The predicted octanol–water partition coefficient (Wildman–Crippen LogP) is 1.48. The van der Waals surface area contributed by atoms with Gasteiger partial charge in [-0.05, 0) is 40.3 Å². The highest BCUT2D eigenvalue weighted by Gasteiger charge is 2.38. The molecule has 1 fully saturated rings. The molecule has 0 spiro atoms. The Kier molecular flexibility index (Phi) is 3.84. The second-order valence-corrected chi connectivity index (χ2v) is 5.28. The third-order valence-electron chi connectivity index (χ3n) is 4.03. The molecule has 4 heteroatoms. The first-order valence-electron chi connectivity index (χ1n) is 6.56. The van der Waals surface area contributed by atoms with Crippen LogP contribution in [-0.2, 0) is 13.1 Å². The number of hydrogen-bond acceptors (Lipinski definition) is 3. The van der Waals surface area contributed by atoms with Crippen LogP contribution in [0.5, 0.6) is 0 Å². The van der Waals surface area contributed by atoms with E-state index in [0.717, 1.165) is 19.6 Å². The molecule has 0 radical (unpaired) electrons. The minimum Gasteiger partial charge on any atom is -0.311 e. The smallest absolute Gasteiger partial charge is 0.0534 e. The first-order chi connectivity index (χ1) is 8.16. The summed E-state index contributed by atoms with van der Waals surface area (Å²) in [6, 6.07) is 0. The molecular formula is C13H24N4.